The Morgan fingerprint density at radius 1 is 1.36 bits per heavy atom. The Hall–Kier alpha value is -0.690. The Bertz CT molecular complexity index is 344. The van der Waals surface area contributed by atoms with E-state index >= 15 is 0 Å². The molecule has 0 aromatic heterocycles. The van der Waals surface area contributed by atoms with Gasteiger partial charge in [0, 0.05) is 17.3 Å². The van der Waals surface area contributed by atoms with Crippen LogP contribution in [0.15, 0.2) is 18.2 Å². The van der Waals surface area contributed by atoms with E-state index in [1.54, 1.807) is 0 Å². The van der Waals surface area contributed by atoms with Crippen LogP contribution in [-0.2, 0) is 6.42 Å². The third-order valence-corrected chi connectivity index (χ3v) is 3.09. The van der Waals surface area contributed by atoms with Crippen molar-refractivity contribution in [1.82, 2.24) is 0 Å². The van der Waals surface area contributed by atoms with Gasteiger partial charge >= 0.3 is 0 Å². The molecule has 1 aliphatic rings. The molecule has 0 spiro atoms. The zero-order valence-electron chi connectivity index (χ0n) is 8.73. The predicted molar refractivity (Wildman–Crippen MR) is 62.0 cm³/mol. The second-order valence-electron chi connectivity index (χ2n) is 4.82. The molecule has 0 radical (unpaired) electrons. The highest BCUT2D eigenvalue weighted by atomic mass is 35.5. The Morgan fingerprint density at radius 3 is 2.93 bits per heavy atom. The summed E-state index contributed by atoms with van der Waals surface area (Å²) in [5, 5.41) is 4.25. The molecule has 2 heteroatoms. The van der Waals surface area contributed by atoms with Crippen molar-refractivity contribution in [3.8, 4) is 0 Å². The molecule has 1 aromatic carbocycles. The number of hydrogen-bond donors (Lipinski definition) is 1. The fraction of sp³-hybridized carbons (Fsp3) is 0.500. The summed E-state index contributed by atoms with van der Waals surface area (Å²) >= 11 is 5.96. The molecule has 1 nitrogen and oxygen atoms in total. The van der Waals surface area contributed by atoms with Gasteiger partial charge in [0.25, 0.3) is 0 Å². The lowest BCUT2D eigenvalue weighted by Gasteiger charge is -2.21. The van der Waals surface area contributed by atoms with Crippen LogP contribution in [0.4, 0.5) is 5.69 Å². The van der Waals surface area contributed by atoms with Gasteiger partial charge in [0.15, 0.2) is 0 Å². The molecule has 0 amide bonds. The van der Waals surface area contributed by atoms with Gasteiger partial charge in [-0.05, 0) is 36.0 Å². The third-order valence-electron chi connectivity index (χ3n) is 2.86. The van der Waals surface area contributed by atoms with Crippen molar-refractivity contribution in [2.45, 2.75) is 26.7 Å². The largest absolute Gasteiger partial charge is 0.385 e. The summed E-state index contributed by atoms with van der Waals surface area (Å²) in [6, 6.07) is 6.14. The highest BCUT2D eigenvalue weighted by molar-refractivity contribution is 6.30. The van der Waals surface area contributed by atoms with Crippen molar-refractivity contribution < 1.29 is 0 Å². The van der Waals surface area contributed by atoms with Crippen LogP contribution in [0.2, 0.25) is 5.02 Å². The smallest absolute Gasteiger partial charge is 0.0426 e. The summed E-state index contributed by atoms with van der Waals surface area (Å²) in [5.74, 6) is 0. The predicted octanol–water partition coefficient (Wildman–Crippen LogP) is 3.72. The van der Waals surface area contributed by atoms with Crippen LogP contribution >= 0.6 is 11.6 Å². The first-order valence-electron chi connectivity index (χ1n) is 5.09. The zero-order chi connectivity index (χ0) is 10.2. The monoisotopic (exact) mass is 209 g/mol. The first-order chi connectivity index (χ1) is 6.57. The van der Waals surface area contributed by atoms with E-state index in [4.69, 9.17) is 11.6 Å². The highest BCUT2D eigenvalue weighted by Crippen LogP contribution is 2.33. The molecule has 2 rings (SSSR count). The van der Waals surface area contributed by atoms with Gasteiger partial charge in [0.2, 0.25) is 0 Å². The van der Waals surface area contributed by atoms with E-state index in [9.17, 15) is 0 Å². The topological polar surface area (TPSA) is 12.0 Å². The second-order valence-corrected chi connectivity index (χ2v) is 5.26. The van der Waals surface area contributed by atoms with Gasteiger partial charge in [-0.3, -0.25) is 0 Å². The summed E-state index contributed by atoms with van der Waals surface area (Å²) in [6.45, 7) is 5.68. The fourth-order valence-corrected chi connectivity index (χ4v) is 2.18. The van der Waals surface area contributed by atoms with Crippen LogP contribution in [-0.4, -0.2) is 6.54 Å². The summed E-state index contributed by atoms with van der Waals surface area (Å²) < 4.78 is 0. The molecule has 14 heavy (non-hydrogen) atoms. The molecular weight excluding hydrogens is 194 g/mol. The maximum absolute atomic E-state index is 5.96. The van der Waals surface area contributed by atoms with Gasteiger partial charge in [-0.1, -0.05) is 31.5 Å². The normalized spacial score (nSPS) is 19.4. The van der Waals surface area contributed by atoms with Gasteiger partial charge in [-0.2, -0.15) is 0 Å². The molecule has 1 N–H and O–H groups in total. The first-order valence-corrected chi connectivity index (χ1v) is 5.47. The zero-order valence-corrected chi connectivity index (χ0v) is 9.49. The number of anilines is 1. The fourth-order valence-electron chi connectivity index (χ4n) is 2.01. The summed E-state index contributed by atoms with van der Waals surface area (Å²) in [6.07, 6.45) is 2.34. The van der Waals surface area contributed by atoms with Gasteiger partial charge in [0.1, 0.15) is 0 Å². The Morgan fingerprint density at radius 2 is 2.14 bits per heavy atom. The SMILES string of the molecule is CC1(C)CCNc2cc(Cl)ccc2C1. The van der Waals surface area contributed by atoms with Crippen LogP contribution < -0.4 is 5.32 Å². The Kier molecular flexibility index (Phi) is 2.44. The van der Waals surface area contributed by atoms with Crippen molar-refractivity contribution >= 4 is 17.3 Å². The van der Waals surface area contributed by atoms with E-state index < -0.39 is 0 Å². The average Bonchev–Trinajstić information content (AvgIpc) is 2.22. The molecule has 0 saturated carbocycles. The van der Waals surface area contributed by atoms with E-state index in [1.165, 1.54) is 17.7 Å². The standard InChI is InChI=1S/C12H16ClN/c1-12(2)5-6-14-11-7-10(13)4-3-9(11)8-12/h3-4,7,14H,5-6,8H2,1-2H3. The van der Waals surface area contributed by atoms with E-state index in [0.29, 0.717) is 5.41 Å². The van der Waals surface area contributed by atoms with Crippen LogP contribution in [0.25, 0.3) is 0 Å². The Labute approximate surface area is 90.5 Å². The van der Waals surface area contributed by atoms with Gasteiger partial charge in [-0.15, -0.1) is 0 Å². The van der Waals surface area contributed by atoms with E-state index in [1.807, 2.05) is 12.1 Å². The van der Waals surface area contributed by atoms with Crippen LogP contribution in [0.5, 0.6) is 0 Å². The number of hydrogen-bond acceptors (Lipinski definition) is 1. The minimum Gasteiger partial charge on any atom is -0.385 e. The minimum absolute atomic E-state index is 0.395. The summed E-state index contributed by atoms with van der Waals surface area (Å²) in [7, 11) is 0. The number of fused-ring (bicyclic) bond motifs is 1. The molecular formula is C12H16ClN. The molecule has 0 saturated heterocycles. The lowest BCUT2D eigenvalue weighted by Crippen LogP contribution is -2.15. The van der Waals surface area contributed by atoms with E-state index in [0.717, 1.165) is 18.0 Å². The lowest BCUT2D eigenvalue weighted by atomic mass is 9.83. The maximum atomic E-state index is 5.96. The van der Waals surface area contributed by atoms with Gasteiger partial charge < -0.3 is 5.32 Å². The second kappa shape index (κ2) is 3.47. The maximum Gasteiger partial charge on any atom is 0.0426 e. The number of rotatable bonds is 0. The molecule has 0 bridgehead atoms. The average molecular weight is 210 g/mol. The summed E-state index contributed by atoms with van der Waals surface area (Å²) in [4.78, 5) is 0. The van der Waals surface area contributed by atoms with Crippen molar-refractivity contribution in [2.24, 2.45) is 5.41 Å². The molecule has 76 valence electrons. The molecule has 0 fully saturated rings. The lowest BCUT2D eigenvalue weighted by molar-refractivity contribution is 0.349. The quantitative estimate of drug-likeness (QED) is 0.687. The number of halogens is 1. The van der Waals surface area contributed by atoms with Crippen molar-refractivity contribution in [3.63, 3.8) is 0 Å². The number of benzene rings is 1. The van der Waals surface area contributed by atoms with E-state index in [-0.39, 0.29) is 0 Å². The van der Waals surface area contributed by atoms with Crippen molar-refractivity contribution in [1.29, 1.82) is 0 Å². The molecule has 1 aliphatic heterocycles. The minimum atomic E-state index is 0.395. The molecule has 0 unspecified atom stereocenters. The summed E-state index contributed by atoms with van der Waals surface area (Å²) in [5.41, 5.74) is 2.99. The van der Waals surface area contributed by atoms with Crippen molar-refractivity contribution in [3.05, 3.63) is 28.8 Å². The van der Waals surface area contributed by atoms with E-state index in [2.05, 4.69) is 25.2 Å². The first kappa shape index (κ1) is 9.85. The van der Waals surface area contributed by atoms with Gasteiger partial charge in [0.05, 0.1) is 0 Å². The van der Waals surface area contributed by atoms with Crippen LogP contribution in [0.1, 0.15) is 25.8 Å². The van der Waals surface area contributed by atoms with Crippen LogP contribution in [0, 0.1) is 5.41 Å². The third kappa shape index (κ3) is 2.03. The highest BCUT2D eigenvalue weighted by Gasteiger charge is 2.22. The number of nitrogens with one attached hydrogen (secondary N) is 1. The van der Waals surface area contributed by atoms with Gasteiger partial charge in [-0.25, -0.2) is 0 Å². The Balaban J connectivity index is 2.37. The van der Waals surface area contributed by atoms with Crippen molar-refractivity contribution in [2.75, 3.05) is 11.9 Å². The van der Waals surface area contributed by atoms with Crippen LogP contribution in [0.3, 0.4) is 0 Å². The molecule has 0 atom stereocenters. The molecule has 0 aliphatic carbocycles. The molecule has 1 heterocycles. The molecule has 1 aromatic rings.